The molecule has 0 aliphatic heterocycles. The van der Waals surface area contributed by atoms with Gasteiger partial charge in [0.1, 0.15) is 11.5 Å². The molecule has 1 N–H and O–H groups in total. The summed E-state index contributed by atoms with van der Waals surface area (Å²) in [5, 5.41) is 11.5. The monoisotopic (exact) mass is 428 g/mol. The van der Waals surface area contributed by atoms with Crippen molar-refractivity contribution < 1.29 is 14.6 Å². The molecule has 0 spiro atoms. The van der Waals surface area contributed by atoms with E-state index >= 15 is 0 Å². The molecule has 30 heavy (non-hydrogen) atoms. The average Bonchev–Trinajstić information content (AvgIpc) is 3.04. The van der Waals surface area contributed by atoms with E-state index in [1.807, 2.05) is 12.1 Å². The zero-order valence-corrected chi connectivity index (χ0v) is 19.4. The third kappa shape index (κ3) is 3.08. The summed E-state index contributed by atoms with van der Waals surface area (Å²) in [5.74, 6) is 4.05. The highest BCUT2D eigenvalue weighted by Crippen LogP contribution is 2.66. The lowest BCUT2D eigenvalue weighted by molar-refractivity contribution is -0.143. The summed E-state index contributed by atoms with van der Waals surface area (Å²) in [7, 11) is 1.72. The minimum absolute atomic E-state index is 0.0557. The fourth-order valence-corrected chi connectivity index (χ4v) is 9.37. The Hall–Kier alpha value is -1.00. The maximum absolute atomic E-state index is 12.6. The molecule has 3 nitrogen and oxygen atoms in total. The van der Waals surface area contributed by atoms with Crippen LogP contribution in [-0.4, -0.2) is 29.4 Å². The molecule has 1 aromatic rings. The van der Waals surface area contributed by atoms with Crippen molar-refractivity contribution in [3.05, 3.63) is 24.3 Å². The number of carbonyl (C=O) groups excluding carboxylic acids is 1. The van der Waals surface area contributed by atoms with Gasteiger partial charge in [0.2, 0.25) is 0 Å². The van der Waals surface area contributed by atoms with Crippen LogP contribution in [0.2, 0.25) is 0 Å². The molecule has 0 amide bonds. The number of rotatable bonds is 3. The van der Waals surface area contributed by atoms with Gasteiger partial charge in [0, 0.05) is 22.0 Å². The summed E-state index contributed by atoms with van der Waals surface area (Å²) in [6.45, 7) is 4.73. The first-order chi connectivity index (χ1) is 14.4. The van der Waals surface area contributed by atoms with Crippen LogP contribution in [-0.2, 0) is 4.79 Å². The van der Waals surface area contributed by atoms with Crippen LogP contribution in [0, 0.1) is 34.5 Å². The minimum atomic E-state index is -0.279. The summed E-state index contributed by atoms with van der Waals surface area (Å²) in [6.07, 6.45) is 8.39. The summed E-state index contributed by atoms with van der Waals surface area (Å²) in [6, 6.07) is 8.18. The van der Waals surface area contributed by atoms with Gasteiger partial charge in [0.05, 0.1) is 13.2 Å². The zero-order valence-electron chi connectivity index (χ0n) is 18.6. The van der Waals surface area contributed by atoms with Gasteiger partial charge in [-0.1, -0.05) is 26.0 Å². The molecule has 4 heteroatoms. The van der Waals surface area contributed by atoms with Gasteiger partial charge in [-0.15, -0.1) is 11.8 Å². The van der Waals surface area contributed by atoms with Gasteiger partial charge in [0.25, 0.3) is 0 Å². The van der Waals surface area contributed by atoms with Crippen LogP contribution < -0.4 is 4.74 Å². The summed E-state index contributed by atoms with van der Waals surface area (Å²) in [4.78, 5) is 13.8. The second kappa shape index (κ2) is 7.55. The smallest absolute Gasteiger partial charge is 0.139 e. The van der Waals surface area contributed by atoms with Crippen LogP contribution >= 0.6 is 11.8 Å². The molecule has 0 bridgehead atoms. The molecule has 164 valence electrons. The van der Waals surface area contributed by atoms with Crippen LogP contribution in [0.1, 0.15) is 65.2 Å². The normalized spacial score (nSPS) is 45.4. The van der Waals surface area contributed by atoms with Gasteiger partial charge in [0.15, 0.2) is 0 Å². The Bertz CT molecular complexity index is 824. The number of Topliss-reactive ketones (excluding diaryl/α,β-unsaturated/α-hetero) is 1. The number of ketones is 1. The Labute approximate surface area is 185 Å². The van der Waals surface area contributed by atoms with Gasteiger partial charge in [-0.3, -0.25) is 4.79 Å². The lowest BCUT2D eigenvalue weighted by Crippen LogP contribution is -2.56. The predicted molar refractivity (Wildman–Crippen MR) is 121 cm³/mol. The molecule has 0 heterocycles. The molecule has 0 saturated heterocycles. The Balaban J connectivity index is 1.36. The second-order valence-corrected chi connectivity index (χ2v) is 12.2. The minimum Gasteiger partial charge on any atom is -0.496 e. The Morgan fingerprint density at radius 1 is 1.10 bits per heavy atom. The lowest BCUT2D eigenvalue weighted by Gasteiger charge is -2.61. The van der Waals surface area contributed by atoms with Crippen molar-refractivity contribution in [2.24, 2.45) is 34.5 Å². The third-order valence-electron chi connectivity index (χ3n) is 9.72. The van der Waals surface area contributed by atoms with E-state index in [0.29, 0.717) is 29.5 Å². The number of fused-ring (bicyclic) bond motifs is 5. The van der Waals surface area contributed by atoms with Crippen LogP contribution in [0.3, 0.4) is 0 Å². The number of aliphatic hydroxyl groups excluding tert-OH is 1. The summed E-state index contributed by atoms with van der Waals surface area (Å²) in [5.41, 5.74) is 0.160. The Kier molecular flexibility index (Phi) is 5.25. The van der Waals surface area contributed by atoms with Crippen LogP contribution in [0.4, 0.5) is 0 Å². The van der Waals surface area contributed by atoms with Crippen molar-refractivity contribution in [3.8, 4) is 5.75 Å². The Morgan fingerprint density at radius 3 is 2.70 bits per heavy atom. The highest BCUT2D eigenvalue weighted by Gasteiger charge is 2.61. The fourth-order valence-electron chi connectivity index (χ4n) is 8.04. The van der Waals surface area contributed by atoms with Gasteiger partial charge in [-0.05, 0) is 86.2 Å². The maximum Gasteiger partial charge on any atom is 0.139 e. The number of methoxy groups -OCH3 is 1. The third-order valence-corrected chi connectivity index (χ3v) is 11.1. The van der Waals surface area contributed by atoms with Crippen molar-refractivity contribution in [1.82, 2.24) is 0 Å². The molecule has 8 atom stereocenters. The molecule has 5 rings (SSSR count). The lowest BCUT2D eigenvalue weighted by atomic mass is 9.45. The first-order valence-corrected chi connectivity index (χ1v) is 12.8. The van der Waals surface area contributed by atoms with E-state index in [9.17, 15) is 9.90 Å². The number of hydrogen-bond acceptors (Lipinski definition) is 4. The number of benzene rings is 1. The van der Waals surface area contributed by atoms with Gasteiger partial charge >= 0.3 is 0 Å². The first kappa shape index (κ1) is 20.9. The van der Waals surface area contributed by atoms with Crippen molar-refractivity contribution in [2.45, 2.75) is 81.5 Å². The number of thioether (sulfide) groups is 1. The number of aliphatic hydroxyl groups is 1. The van der Waals surface area contributed by atoms with Gasteiger partial charge in [-0.2, -0.15) is 0 Å². The fraction of sp³-hybridized carbons (Fsp3) is 0.731. The number of ether oxygens (including phenoxy) is 1. The van der Waals surface area contributed by atoms with Crippen molar-refractivity contribution >= 4 is 17.5 Å². The largest absolute Gasteiger partial charge is 0.496 e. The quantitative estimate of drug-likeness (QED) is 0.667. The van der Waals surface area contributed by atoms with Crippen molar-refractivity contribution in [2.75, 3.05) is 7.11 Å². The predicted octanol–water partition coefficient (Wildman–Crippen LogP) is 5.74. The van der Waals surface area contributed by atoms with E-state index in [1.54, 1.807) is 18.9 Å². The number of para-hydroxylation sites is 1. The molecule has 1 aromatic carbocycles. The molecule has 0 aromatic heterocycles. The summed E-state index contributed by atoms with van der Waals surface area (Å²) < 4.78 is 5.55. The van der Waals surface area contributed by atoms with Crippen molar-refractivity contribution in [3.63, 3.8) is 0 Å². The van der Waals surface area contributed by atoms with E-state index in [0.717, 1.165) is 42.7 Å². The van der Waals surface area contributed by atoms with Crippen LogP contribution in [0.15, 0.2) is 29.2 Å². The van der Waals surface area contributed by atoms with E-state index < -0.39 is 0 Å². The zero-order chi connectivity index (χ0) is 21.1. The highest BCUT2D eigenvalue weighted by molar-refractivity contribution is 8.00. The topological polar surface area (TPSA) is 46.5 Å². The molecule has 0 radical (unpaired) electrons. The summed E-state index contributed by atoms with van der Waals surface area (Å²) >= 11 is 1.80. The maximum atomic E-state index is 12.6. The van der Waals surface area contributed by atoms with E-state index in [1.165, 1.54) is 19.3 Å². The molecule has 4 fully saturated rings. The first-order valence-electron chi connectivity index (χ1n) is 11.9. The molecular weight excluding hydrogens is 392 g/mol. The molecule has 0 unspecified atom stereocenters. The number of hydrogen-bond donors (Lipinski definition) is 1. The number of carbonyl (C=O) groups is 1. The van der Waals surface area contributed by atoms with Gasteiger partial charge < -0.3 is 9.84 Å². The van der Waals surface area contributed by atoms with E-state index in [2.05, 4.69) is 26.0 Å². The SMILES string of the molecule is COc1ccccc1S[C@H]1C[C@@H]2CC[C@@H]3[C@H](CC[C@]4(C)C(=O)CC[C@@H]34)[C@@]2(C)C[C@@H]1O. The van der Waals surface area contributed by atoms with E-state index in [-0.39, 0.29) is 22.2 Å². The van der Waals surface area contributed by atoms with Crippen molar-refractivity contribution in [1.29, 1.82) is 0 Å². The average molecular weight is 429 g/mol. The van der Waals surface area contributed by atoms with Crippen LogP contribution in [0.5, 0.6) is 5.75 Å². The highest BCUT2D eigenvalue weighted by atomic mass is 32.2. The molecule has 4 aliphatic rings. The molecular formula is C26H36O3S. The Morgan fingerprint density at radius 2 is 1.90 bits per heavy atom. The van der Waals surface area contributed by atoms with Gasteiger partial charge in [-0.25, -0.2) is 0 Å². The van der Waals surface area contributed by atoms with E-state index in [4.69, 9.17) is 4.74 Å². The standard InChI is InChI=1S/C26H36O3S/c1-25-13-12-19-17(18(25)10-11-24(25)28)9-8-16-14-23(20(27)15-26(16,19)2)30-22-7-5-4-6-21(22)29-3/h4-7,16-20,23,27H,8-15H2,1-3H3/t16-,17-,18-,19-,20-,23-,25-,26-/m0/s1. The molecule has 4 aliphatic carbocycles. The van der Waals surface area contributed by atoms with Crippen LogP contribution in [0.25, 0.3) is 0 Å². The molecule has 4 saturated carbocycles. The second-order valence-electron chi connectivity index (χ2n) is 10.9.